The fourth-order valence-corrected chi connectivity index (χ4v) is 2.17. The quantitative estimate of drug-likeness (QED) is 0.676. The third-order valence-corrected chi connectivity index (χ3v) is 3.14. The summed E-state index contributed by atoms with van der Waals surface area (Å²) < 4.78 is 10.4. The van der Waals surface area contributed by atoms with E-state index in [1.54, 1.807) is 14.2 Å². The number of nitrogens with zero attached hydrogens (tertiary/aromatic N) is 1. The van der Waals surface area contributed by atoms with Crippen LogP contribution in [0.5, 0.6) is 0 Å². The van der Waals surface area contributed by atoms with Gasteiger partial charge in [0.1, 0.15) is 6.29 Å². The van der Waals surface area contributed by atoms with Gasteiger partial charge in [0.15, 0.2) is 0 Å². The average Bonchev–Trinajstić information content (AvgIpc) is 2.40. The predicted molar refractivity (Wildman–Crippen MR) is 77.1 cm³/mol. The Balaban J connectivity index is 2.98. The van der Waals surface area contributed by atoms with Crippen LogP contribution in [-0.2, 0) is 9.47 Å². The lowest BCUT2D eigenvalue weighted by atomic mass is 10.1. The summed E-state index contributed by atoms with van der Waals surface area (Å²) in [5, 5.41) is 0. The van der Waals surface area contributed by atoms with Gasteiger partial charge in [0.25, 0.3) is 0 Å². The van der Waals surface area contributed by atoms with E-state index >= 15 is 0 Å². The zero-order valence-electron chi connectivity index (χ0n) is 12.2. The number of hydrogen-bond acceptors (Lipinski definition) is 4. The van der Waals surface area contributed by atoms with Gasteiger partial charge >= 0.3 is 0 Å². The summed E-state index contributed by atoms with van der Waals surface area (Å²) in [5.41, 5.74) is 2.91. The minimum Gasteiger partial charge on any atom is -0.383 e. The summed E-state index contributed by atoms with van der Waals surface area (Å²) in [7, 11) is 3.40. The Bertz CT molecular complexity index is 406. The molecule has 1 atom stereocenters. The van der Waals surface area contributed by atoms with Crippen molar-refractivity contribution in [3.8, 4) is 0 Å². The molecule has 1 aromatic rings. The van der Waals surface area contributed by atoms with Crippen molar-refractivity contribution in [3.63, 3.8) is 0 Å². The first-order chi connectivity index (χ1) is 9.13. The molecule has 0 aliphatic rings. The van der Waals surface area contributed by atoms with Crippen molar-refractivity contribution < 1.29 is 14.3 Å². The van der Waals surface area contributed by atoms with Crippen LogP contribution in [0.3, 0.4) is 0 Å². The van der Waals surface area contributed by atoms with Crippen molar-refractivity contribution in [2.45, 2.75) is 19.9 Å². The maximum atomic E-state index is 10.8. The van der Waals surface area contributed by atoms with E-state index in [2.05, 4.69) is 11.8 Å². The molecule has 4 heteroatoms. The topological polar surface area (TPSA) is 38.8 Å². The van der Waals surface area contributed by atoms with Gasteiger partial charge in [-0.25, -0.2) is 0 Å². The summed E-state index contributed by atoms with van der Waals surface area (Å²) in [5.74, 6) is 0. The van der Waals surface area contributed by atoms with Crippen LogP contribution in [0.1, 0.15) is 22.8 Å². The number of hydrogen-bond donors (Lipinski definition) is 0. The van der Waals surface area contributed by atoms with Crippen molar-refractivity contribution in [2.75, 3.05) is 38.9 Å². The van der Waals surface area contributed by atoms with Gasteiger partial charge in [-0.15, -0.1) is 0 Å². The molecule has 0 aliphatic heterocycles. The van der Waals surface area contributed by atoms with Gasteiger partial charge in [-0.05, 0) is 37.6 Å². The van der Waals surface area contributed by atoms with Crippen LogP contribution in [0.25, 0.3) is 0 Å². The molecule has 1 unspecified atom stereocenters. The molecule has 0 saturated carbocycles. The molecule has 4 nitrogen and oxygen atoms in total. The minimum absolute atomic E-state index is 0.251. The predicted octanol–water partition coefficient (Wildman–Crippen LogP) is 2.30. The minimum atomic E-state index is 0.251. The van der Waals surface area contributed by atoms with E-state index in [4.69, 9.17) is 9.47 Å². The monoisotopic (exact) mass is 265 g/mol. The van der Waals surface area contributed by atoms with Crippen molar-refractivity contribution in [1.82, 2.24) is 0 Å². The molecule has 19 heavy (non-hydrogen) atoms. The highest BCUT2D eigenvalue weighted by atomic mass is 16.5. The number of aryl methyl sites for hydroxylation is 1. The van der Waals surface area contributed by atoms with E-state index < -0.39 is 0 Å². The van der Waals surface area contributed by atoms with Crippen LogP contribution in [0, 0.1) is 6.92 Å². The van der Waals surface area contributed by atoms with Gasteiger partial charge in [0, 0.05) is 38.1 Å². The van der Waals surface area contributed by atoms with E-state index in [0.29, 0.717) is 18.8 Å². The van der Waals surface area contributed by atoms with Crippen LogP contribution in [0.4, 0.5) is 5.69 Å². The third-order valence-electron chi connectivity index (χ3n) is 3.14. The van der Waals surface area contributed by atoms with Crippen LogP contribution in [-0.4, -0.2) is 46.3 Å². The van der Waals surface area contributed by atoms with Crippen molar-refractivity contribution in [2.24, 2.45) is 0 Å². The summed E-state index contributed by atoms with van der Waals surface area (Å²) >= 11 is 0. The average molecular weight is 265 g/mol. The maximum absolute atomic E-state index is 10.8. The standard InChI is InChI=1S/C15H23NO3/c1-12-9-14(10-17)5-6-15(12)16(7-8-18-3)13(2)11-19-4/h5-6,9-10,13H,7-8,11H2,1-4H3. The maximum Gasteiger partial charge on any atom is 0.150 e. The second kappa shape index (κ2) is 7.92. The SMILES string of the molecule is COCCN(c1ccc(C=O)cc1C)C(C)COC. The molecule has 0 amide bonds. The molecule has 0 saturated heterocycles. The molecule has 0 N–H and O–H groups in total. The molecule has 1 aromatic carbocycles. The fraction of sp³-hybridized carbons (Fsp3) is 0.533. The molecule has 0 heterocycles. The smallest absolute Gasteiger partial charge is 0.150 e. The molecule has 0 aliphatic carbocycles. The van der Waals surface area contributed by atoms with Crippen molar-refractivity contribution in [1.29, 1.82) is 0 Å². The summed E-state index contributed by atoms with van der Waals surface area (Å²) in [6.45, 7) is 6.23. The first kappa shape index (κ1) is 15.7. The Morgan fingerprint density at radius 2 is 2.05 bits per heavy atom. The fourth-order valence-electron chi connectivity index (χ4n) is 2.17. The number of benzene rings is 1. The van der Waals surface area contributed by atoms with Gasteiger partial charge in [-0.1, -0.05) is 0 Å². The summed E-state index contributed by atoms with van der Waals surface area (Å²) in [4.78, 5) is 13.0. The first-order valence-corrected chi connectivity index (χ1v) is 6.44. The normalized spacial score (nSPS) is 12.2. The largest absolute Gasteiger partial charge is 0.383 e. The molecule has 0 fully saturated rings. The molecule has 0 spiro atoms. The van der Waals surface area contributed by atoms with Crippen molar-refractivity contribution >= 4 is 12.0 Å². The lowest BCUT2D eigenvalue weighted by Gasteiger charge is -2.32. The number of rotatable bonds is 8. The van der Waals surface area contributed by atoms with Gasteiger partial charge in [0.2, 0.25) is 0 Å². The lowest BCUT2D eigenvalue weighted by molar-refractivity contribution is 0.112. The summed E-state index contributed by atoms with van der Waals surface area (Å²) in [6, 6.07) is 5.98. The molecule has 0 aromatic heterocycles. The number of methoxy groups -OCH3 is 2. The Morgan fingerprint density at radius 3 is 2.58 bits per heavy atom. The summed E-state index contributed by atoms with van der Waals surface area (Å²) in [6.07, 6.45) is 0.870. The van der Waals surface area contributed by atoms with Crippen LogP contribution >= 0.6 is 0 Å². The Hall–Kier alpha value is -1.39. The van der Waals surface area contributed by atoms with Crippen LogP contribution in [0.2, 0.25) is 0 Å². The van der Waals surface area contributed by atoms with E-state index in [-0.39, 0.29) is 6.04 Å². The molecule has 106 valence electrons. The second-order valence-electron chi connectivity index (χ2n) is 4.65. The van der Waals surface area contributed by atoms with Crippen molar-refractivity contribution in [3.05, 3.63) is 29.3 Å². The number of anilines is 1. The van der Waals surface area contributed by atoms with Crippen LogP contribution < -0.4 is 4.90 Å². The first-order valence-electron chi connectivity index (χ1n) is 6.44. The second-order valence-corrected chi connectivity index (χ2v) is 4.65. The molecule has 1 rings (SSSR count). The lowest BCUT2D eigenvalue weighted by Crippen LogP contribution is -2.39. The van der Waals surface area contributed by atoms with E-state index in [0.717, 1.165) is 24.1 Å². The molecular weight excluding hydrogens is 242 g/mol. The zero-order valence-corrected chi connectivity index (χ0v) is 12.2. The third kappa shape index (κ3) is 4.33. The van der Waals surface area contributed by atoms with Gasteiger partial charge in [-0.2, -0.15) is 0 Å². The van der Waals surface area contributed by atoms with E-state index in [1.165, 1.54) is 0 Å². The van der Waals surface area contributed by atoms with Gasteiger partial charge in [-0.3, -0.25) is 4.79 Å². The Kier molecular flexibility index (Phi) is 6.53. The van der Waals surface area contributed by atoms with Gasteiger partial charge in [0.05, 0.1) is 13.2 Å². The van der Waals surface area contributed by atoms with E-state index in [9.17, 15) is 4.79 Å². The zero-order chi connectivity index (χ0) is 14.3. The number of aldehydes is 1. The number of ether oxygens (including phenoxy) is 2. The number of carbonyl (C=O) groups is 1. The van der Waals surface area contributed by atoms with Gasteiger partial charge < -0.3 is 14.4 Å². The van der Waals surface area contributed by atoms with Crippen LogP contribution in [0.15, 0.2) is 18.2 Å². The molecular formula is C15H23NO3. The Labute approximate surface area is 115 Å². The Morgan fingerprint density at radius 1 is 1.32 bits per heavy atom. The highest BCUT2D eigenvalue weighted by Gasteiger charge is 2.16. The molecule has 0 bridgehead atoms. The van der Waals surface area contributed by atoms with E-state index in [1.807, 2.05) is 25.1 Å². The molecule has 0 radical (unpaired) electrons. The highest BCUT2D eigenvalue weighted by Crippen LogP contribution is 2.23. The highest BCUT2D eigenvalue weighted by molar-refractivity contribution is 5.77. The number of carbonyl (C=O) groups excluding carboxylic acids is 1.